The van der Waals surface area contributed by atoms with E-state index in [-0.39, 0.29) is 17.7 Å². The number of carbonyl (C=O) groups is 2. The van der Waals surface area contributed by atoms with Crippen LogP contribution in [-0.2, 0) is 0 Å². The van der Waals surface area contributed by atoms with Gasteiger partial charge in [-0.05, 0) is 63.2 Å². The normalized spacial score (nSPS) is 10.6. The van der Waals surface area contributed by atoms with Gasteiger partial charge in [-0.3, -0.25) is 9.59 Å². The molecule has 0 saturated heterocycles. The number of ether oxygens (including phenoxy) is 1. The van der Waals surface area contributed by atoms with E-state index in [1.807, 2.05) is 26.0 Å². The third-order valence-corrected chi connectivity index (χ3v) is 3.58. The molecular weight excluding hydrogens is 344 g/mol. The molecule has 0 bridgehead atoms. The number of ketones is 2. The Bertz CT molecular complexity index is 703. The van der Waals surface area contributed by atoms with E-state index in [0.29, 0.717) is 22.4 Å². The summed E-state index contributed by atoms with van der Waals surface area (Å²) in [6.45, 7) is 5.27. The number of hydrogen-bond acceptors (Lipinski definition) is 3. The third-order valence-electron chi connectivity index (χ3n) is 3.05. The van der Waals surface area contributed by atoms with Crippen LogP contribution in [0.1, 0.15) is 47.1 Å². The lowest BCUT2D eigenvalue weighted by atomic mass is 9.99. The first-order valence-corrected chi connectivity index (χ1v) is 7.79. The van der Waals surface area contributed by atoms with Crippen LogP contribution in [-0.4, -0.2) is 17.7 Å². The van der Waals surface area contributed by atoms with Gasteiger partial charge in [0.15, 0.2) is 11.6 Å². The molecule has 0 aromatic heterocycles. The zero-order valence-corrected chi connectivity index (χ0v) is 14.3. The Balaban J connectivity index is 2.44. The number of benzene rings is 2. The number of rotatable bonds is 5. The van der Waals surface area contributed by atoms with Crippen molar-refractivity contribution >= 4 is 27.5 Å². The second-order valence-corrected chi connectivity index (χ2v) is 6.22. The Labute approximate surface area is 138 Å². The minimum Gasteiger partial charge on any atom is -0.491 e. The summed E-state index contributed by atoms with van der Waals surface area (Å²) >= 11 is 3.34. The molecule has 0 aliphatic rings. The Morgan fingerprint density at radius 1 is 0.955 bits per heavy atom. The van der Waals surface area contributed by atoms with E-state index >= 15 is 0 Å². The van der Waals surface area contributed by atoms with Crippen molar-refractivity contribution in [2.45, 2.75) is 26.9 Å². The van der Waals surface area contributed by atoms with Crippen molar-refractivity contribution in [1.29, 1.82) is 0 Å². The molecule has 0 heterocycles. The van der Waals surface area contributed by atoms with Gasteiger partial charge in [-0.15, -0.1) is 0 Å². The summed E-state index contributed by atoms with van der Waals surface area (Å²) in [5, 5.41) is 0. The predicted molar refractivity (Wildman–Crippen MR) is 89.8 cm³/mol. The molecule has 0 saturated carbocycles. The highest BCUT2D eigenvalue weighted by Gasteiger charge is 2.14. The molecule has 22 heavy (non-hydrogen) atoms. The molecule has 0 aliphatic heterocycles. The second-order valence-electron chi connectivity index (χ2n) is 5.30. The molecule has 0 N–H and O–H groups in total. The van der Waals surface area contributed by atoms with Crippen molar-refractivity contribution in [3.8, 4) is 5.75 Å². The summed E-state index contributed by atoms with van der Waals surface area (Å²) < 4.78 is 6.55. The predicted octanol–water partition coefficient (Wildman–Crippen LogP) is 4.67. The quantitative estimate of drug-likeness (QED) is 0.727. The van der Waals surface area contributed by atoms with E-state index < -0.39 is 0 Å². The van der Waals surface area contributed by atoms with E-state index in [2.05, 4.69) is 15.9 Å². The van der Waals surface area contributed by atoms with Gasteiger partial charge in [0.05, 0.1) is 6.10 Å². The zero-order valence-electron chi connectivity index (χ0n) is 12.7. The Morgan fingerprint density at radius 3 is 2.09 bits per heavy atom. The van der Waals surface area contributed by atoms with Crippen LogP contribution in [0.2, 0.25) is 0 Å². The second kappa shape index (κ2) is 6.88. The molecule has 0 spiro atoms. The third kappa shape index (κ3) is 4.04. The minimum absolute atomic E-state index is 0.0298. The van der Waals surface area contributed by atoms with Crippen molar-refractivity contribution < 1.29 is 14.3 Å². The smallest absolute Gasteiger partial charge is 0.193 e. The van der Waals surface area contributed by atoms with Gasteiger partial charge in [0, 0.05) is 21.2 Å². The topological polar surface area (TPSA) is 43.4 Å². The van der Waals surface area contributed by atoms with Gasteiger partial charge < -0.3 is 4.74 Å². The van der Waals surface area contributed by atoms with Gasteiger partial charge in [0.1, 0.15) is 5.75 Å². The molecule has 2 aromatic carbocycles. The van der Waals surface area contributed by atoms with E-state index in [4.69, 9.17) is 4.74 Å². The van der Waals surface area contributed by atoms with E-state index in [1.165, 1.54) is 6.92 Å². The van der Waals surface area contributed by atoms with Crippen molar-refractivity contribution in [2.24, 2.45) is 0 Å². The highest BCUT2D eigenvalue weighted by molar-refractivity contribution is 9.10. The number of hydrogen-bond donors (Lipinski definition) is 0. The largest absolute Gasteiger partial charge is 0.491 e. The summed E-state index contributed by atoms with van der Waals surface area (Å²) in [5.41, 5.74) is 1.49. The molecule has 2 aromatic rings. The molecule has 0 unspecified atom stereocenters. The molecule has 0 atom stereocenters. The first kappa shape index (κ1) is 16.4. The minimum atomic E-state index is -0.135. The maximum absolute atomic E-state index is 12.6. The van der Waals surface area contributed by atoms with Crippen LogP contribution < -0.4 is 4.74 Å². The first-order valence-electron chi connectivity index (χ1n) is 7.00. The number of halogens is 1. The highest BCUT2D eigenvalue weighted by Crippen LogP contribution is 2.22. The number of carbonyl (C=O) groups excluding carboxylic acids is 2. The zero-order chi connectivity index (χ0) is 16.3. The van der Waals surface area contributed by atoms with Crippen LogP contribution in [0.25, 0.3) is 0 Å². The van der Waals surface area contributed by atoms with Crippen molar-refractivity contribution in [1.82, 2.24) is 0 Å². The van der Waals surface area contributed by atoms with E-state index in [0.717, 1.165) is 4.47 Å². The Morgan fingerprint density at radius 2 is 1.55 bits per heavy atom. The lowest BCUT2D eigenvalue weighted by Crippen LogP contribution is -2.09. The van der Waals surface area contributed by atoms with Crippen LogP contribution in [0.4, 0.5) is 0 Å². The van der Waals surface area contributed by atoms with Crippen LogP contribution in [0, 0.1) is 0 Å². The van der Waals surface area contributed by atoms with Gasteiger partial charge in [0.2, 0.25) is 0 Å². The van der Waals surface area contributed by atoms with Gasteiger partial charge in [-0.1, -0.05) is 15.9 Å². The Kier molecular flexibility index (Phi) is 5.14. The van der Waals surface area contributed by atoms with E-state index in [1.54, 1.807) is 30.3 Å². The monoisotopic (exact) mass is 360 g/mol. The maximum Gasteiger partial charge on any atom is 0.193 e. The van der Waals surface area contributed by atoms with Gasteiger partial charge >= 0.3 is 0 Å². The number of Topliss-reactive ketones (excluding diaryl/α,β-unsaturated/α-hetero) is 1. The first-order chi connectivity index (χ1) is 10.4. The molecule has 0 aliphatic carbocycles. The average Bonchev–Trinajstić information content (AvgIpc) is 2.46. The molecule has 114 valence electrons. The van der Waals surface area contributed by atoms with Gasteiger partial charge in [0.25, 0.3) is 0 Å². The van der Waals surface area contributed by atoms with Gasteiger partial charge in [-0.25, -0.2) is 0 Å². The van der Waals surface area contributed by atoms with E-state index in [9.17, 15) is 9.59 Å². The summed E-state index contributed by atoms with van der Waals surface area (Å²) in [4.78, 5) is 24.3. The fourth-order valence-electron chi connectivity index (χ4n) is 2.04. The van der Waals surface area contributed by atoms with Crippen LogP contribution >= 0.6 is 15.9 Å². The van der Waals surface area contributed by atoms with Crippen LogP contribution in [0.5, 0.6) is 5.75 Å². The SMILES string of the molecule is CC(=O)c1cc(OC(C)C)cc(C(=O)c2ccc(Br)cc2)c1. The summed E-state index contributed by atoms with van der Waals surface area (Å²) in [5.74, 6) is 0.298. The van der Waals surface area contributed by atoms with Gasteiger partial charge in [-0.2, -0.15) is 0 Å². The average molecular weight is 361 g/mol. The molecule has 4 heteroatoms. The highest BCUT2D eigenvalue weighted by atomic mass is 79.9. The molecule has 3 nitrogen and oxygen atoms in total. The van der Waals surface area contributed by atoms with Crippen molar-refractivity contribution in [3.05, 3.63) is 63.6 Å². The molecule has 2 rings (SSSR count). The lowest BCUT2D eigenvalue weighted by Gasteiger charge is -2.12. The van der Waals surface area contributed by atoms with Crippen molar-refractivity contribution in [2.75, 3.05) is 0 Å². The summed E-state index contributed by atoms with van der Waals surface area (Å²) in [6.07, 6.45) is -0.0298. The molecule has 0 amide bonds. The molecule has 0 fully saturated rings. The summed E-state index contributed by atoms with van der Waals surface area (Å²) in [6, 6.07) is 12.1. The maximum atomic E-state index is 12.6. The fourth-order valence-corrected chi connectivity index (χ4v) is 2.31. The Hall–Kier alpha value is -1.94. The van der Waals surface area contributed by atoms with Crippen molar-refractivity contribution in [3.63, 3.8) is 0 Å². The fraction of sp³-hybridized carbons (Fsp3) is 0.222. The standard InChI is InChI=1S/C18H17BrO3/c1-11(2)22-17-9-14(12(3)20)8-15(10-17)18(21)13-4-6-16(19)7-5-13/h4-11H,1-3H3. The lowest BCUT2D eigenvalue weighted by molar-refractivity contribution is 0.101. The molecule has 0 radical (unpaired) electrons. The van der Waals surface area contributed by atoms with Crippen LogP contribution in [0.3, 0.4) is 0 Å². The summed E-state index contributed by atoms with van der Waals surface area (Å²) in [7, 11) is 0. The van der Waals surface area contributed by atoms with Crippen LogP contribution in [0.15, 0.2) is 46.9 Å². The molecular formula is C18H17BrO3.